The minimum absolute atomic E-state index is 0.301. The molecular weight excluding hydrogens is 562 g/mol. The Morgan fingerprint density at radius 3 is 2.14 bits per heavy atom. The van der Waals surface area contributed by atoms with Crippen LogP contribution in [0.5, 0.6) is 5.75 Å². The monoisotopic (exact) mass is 613 g/mol. The lowest BCUT2D eigenvalue weighted by atomic mass is 9.99. The zero-order valence-corrected chi connectivity index (χ0v) is 27.9. The Kier molecular flexibility index (Phi) is 15.5. The molecule has 0 aliphatic carbocycles. The molecule has 2 rings (SSSR count). The van der Waals surface area contributed by atoms with E-state index in [1.807, 2.05) is 30.5 Å². The van der Waals surface area contributed by atoms with Gasteiger partial charge in [0.25, 0.3) is 5.91 Å². The average molecular weight is 614 g/mol. The lowest BCUT2D eigenvalue weighted by Crippen LogP contribution is -2.52. The van der Waals surface area contributed by atoms with Crippen LogP contribution in [0, 0.1) is 0 Å². The molecule has 2 aromatic carbocycles. The van der Waals surface area contributed by atoms with Gasteiger partial charge in [-0.3, -0.25) is 9.59 Å². The molecule has 0 heterocycles. The Morgan fingerprint density at radius 1 is 0.930 bits per heavy atom. The van der Waals surface area contributed by atoms with Crippen LogP contribution in [0.15, 0.2) is 48.5 Å². The highest BCUT2D eigenvalue weighted by atomic mass is 32.2. The fourth-order valence-electron chi connectivity index (χ4n) is 4.69. The Morgan fingerprint density at radius 2 is 1.58 bits per heavy atom. The lowest BCUT2D eigenvalue weighted by Gasteiger charge is -2.34. The first-order valence-corrected chi connectivity index (χ1v) is 16.7. The average Bonchev–Trinajstić information content (AvgIpc) is 2.97. The summed E-state index contributed by atoms with van der Waals surface area (Å²) in [6, 6.07) is 13.2. The summed E-state index contributed by atoms with van der Waals surface area (Å²) in [6.45, 7) is 9.97. The number of carbonyl (C=O) groups excluding carboxylic acids is 3. The van der Waals surface area contributed by atoms with Crippen LogP contribution in [-0.4, -0.2) is 60.1 Å². The molecule has 0 saturated heterocycles. The molecule has 0 spiro atoms. The van der Waals surface area contributed by atoms with Crippen LogP contribution in [0.1, 0.15) is 90.3 Å². The first kappa shape index (κ1) is 36.0. The van der Waals surface area contributed by atoms with Crippen LogP contribution in [0.4, 0.5) is 10.5 Å². The maximum absolute atomic E-state index is 14.4. The normalized spacial score (nSPS) is 12.6. The van der Waals surface area contributed by atoms with E-state index in [9.17, 15) is 14.4 Å². The second-order valence-corrected chi connectivity index (χ2v) is 12.6. The van der Waals surface area contributed by atoms with Gasteiger partial charge in [-0.15, -0.1) is 0 Å². The van der Waals surface area contributed by atoms with Crippen molar-refractivity contribution in [3.8, 4) is 5.75 Å². The zero-order valence-electron chi connectivity index (χ0n) is 27.0. The summed E-state index contributed by atoms with van der Waals surface area (Å²) in [4.78, 5) is 43.0. The van der Waals surface area contributed by atoms with Crippen LogP contribution in [0.25, 0.3) is 0 Å². The number of rotatable bonds is 17. The molecule has 2 N–H and O–H groups in total. The predicted octanol–water partition coefficient (Wildman–Crippen LogP) is 7.38. The Balaban J connectivity index is 2.52. The number of alkyl carbamates (subject to hydrolysis) is 1. The van der Waals surface area contributed by atoms with E-state index in [1.54, 1.807) is 68.8 Å². The summed E-state index contributed by atoms with van der Waals surface area (Å²) in [5.41, 5.74) is 1.74. The van der Waals surface area contributed by atoms with E-state index in [0.717, 1.165) is 44.1 Å². The van der Waals surface area contributed by atoms with Gasteiger partial charge in [0.2, 0.25) is 5.91 Å². The van der Waals surface area contributed by atoms with Crippen LogP contribution in [-0.2, 0) is 20.7 Å². The summed E-state index contributed by atoms with van der Waals surface area (Å²) in [7, 11) is 1.59. The molecule has 0 bridgehead atoms. The van der Waals surface area contributed by atoms with Gasteiger partial charge >= 0.3 is 6.09 Å². The molecule has 0 fully saturated rings. The number of thioether (sulfide) groups is 1. The summed E-state index contributed by atoms with van der Waals surface area (Å²) in [6.07, 6.45) is 7.54. The molecule has 2 aromatic rings. The molecule has 0 radical (unpaired) electrons. The molecule has 2 atom stereocenters. The highest BCUT2D eigenvalue weighted by Crippen LogP contribution is 2.27. The molecule has 0 aliphatic heterocycles. The molecule has 0 aromatic heterocycles. The minimum Gasteiger partial charge on any atom is -0.497 e. The van der Waals surface area contributed by atoms with Crippen molar-refractivity contribution in [1.82, 2.24) is 10.2 Å². The third-order valence-electron chi connectivity index (χ3n) is 7.01. The van der Waals surface area contributed by atoms with Crippen LogP contribution in [0.3, 0.4) is 0 Å². The number of unbranched alkanes of at least 4 members (excludes halogenated alkanes) is 4. The summed E-state index contributed by atoms with van der Waals surface area (Å²) < 4.78 is 10.8. The van der Waals surface area contributed by atoms with Crippen molar-refractivity contribution in [1.29, 1.82) is 0 Å². The van der Waals surface area contributed by atoms with Gasteiger partial charge in [-0.1, -0.05) is 63.8 Å². The second kappa shape index (κ2) is 18.5. The number of amides is 3. The van der Waals surface area contributed by atoms with E-state index >= 15 is 0 Å². The SMILES string of the molecule is CCCCCCCN(C(=O)C(CCSC)NC(=O)OC(C)(C)C)C(C(=O)Nc1ccc(OC)cc1)c1ccc(CC)cc1. The Hall–Kier alpha value is -3.20. The van der Waals surface area contributed by atoms with E-state index < -0.39 is 23.8 Å². The van der Waals surface area contributed by atoms with Gasteiger partial charge in [-0.25, -0.2) is 4.79 Å². The predicted molar refractivity (Wildman–Crippen MR) is 177 cm³/mol. The first-order valence-electron chi connectivity index (χ1n) is 15.4. The lowest BCUT2D eigenvalue weighted by molar-refractivity contribution is -0.141. The summed E-state index contributed by atoms with van der Waals surface area (Å²) in [5.74, 6) is 0.713. The highest BCUT2D eigenvalue weighted by molar-refractivity contribution is 7.98. The van der Waals surface area contributed by atoms with Crippen molar-refractivity contribution in [3.05, 3.63) is 59.7 Å². The van der Waals surface area contributed by atoms with Crippen LogP contribution >= 0.6 is 11.8 Å². The van der Waals surface area contributed by atoms with E-state index in [-0.39, 0.29) is 11.8 Å². The van der Waals surface area contributed by atoms with Gasteiger partial charge in [-0.05, 0) is 87.4 Å². The standard InChI is InChI=1S/C34H51N3O5S/c1-8-10-11-12-13-23-37(32(39)29(22-24-43-7)36-33(40)42-34(3,4)5)30(26-16-14-25(9-2)15-17-26)31(38)35-27-18-20-28(41-6)21-19-27/h14-21,29-30H,8-13,22-24H2,1-7H3,(H,35,38)(H,36,40). The summed E-state index contributed by atoms with van der Waals surface area (Å²) >= 11 is 1.59. The van der Waals surface area contributed by atoms with Crippen molar-refractivity contribution in [2.24, 2.45) is 0 Å². The molecule has 8 nitrogen and oxygen atoms in total. The van der Waals surface area contributed by atoms with E-state index in [1.165, 1.54) is 0 Å². The molecular formula is C34H51N3O5S. The van der Waals surface area contributed by atoms with Gasteiger partial charge in [0.05, 0.1) is 7.11 Å². The quantitative estimate of drug-likeness (QED) is 0.181. The number of ether oxygens (including phenoxy) is 2. The molecule has 238 valence electrons. The molecule has 2 unspecified atom stereocenters. The maximum atomic E-state index is 14.4. The van der Waals surface area contributed by atoms with Crippen molar-refractivity contribution < 1.29 is 23.9 Å². The molecule has 9 heteroatoms. The van der Waals surface area contributed by atoms with Gasteiger partial charge < -0.3 is 25.0 Å². The Bertz CT molecular complexity index is 1130. The zero-order chi connectivity index (χ0) is 31.8. The molecule has 43 heavy (non-hydrogen) atoms. The molecule has 3 amide bonds. The maximum Gasteiger partial charge on any atom is 0.408 e. The summed E-state index contributed by atoms with van der Waals surface area (Å²) in [5, 5.41) is 5.83. The number of nitrogens with one attached hydrogen (secondary N) is 2. The molecule has 0 aliphatic rings. The first-order chi connectivity index (χ1) is 20.5. The van der Waals surface area contributed by atoms with E-state index in [0.29, 0.717) is 35.7 Å². The second-order valence-electron chi connectivity index (χ2n) is 11.6. The van der Waals surface area contributed by atoms with Crippen molar-refractivity contribution in [2.45, 2.75) is 97.2 Å². The largest absolute Gasteiger partial charge is 0.497 e. The molecule has 0 saturated carbocycles. The number of nitrogens with zero attached hydrogens (tertiary/aromatic N) is 1. The fourth-order valence-corrected chi connectivity index (χ4v) is 5.16. The van der Waals surface area contributed by atoms with Crippen molar-refractivity contribution in [3.63, 3.8) is 0 Å². The van der Waals surface area contributed by atoms with E-state index in [2.05, 4.69) is 24.5 Å². The number of aryl methyl sites for hydroxylation is 1. The number of benzene rings is 2. The Labute approximate surface area is 262 Å². The van der Waals surface area contributed by atoms with Gasteiger partial charge in [0, 0.05) is 12.2 Å². The van der Waals surface area contributed by atoms with Gasteiger partial charge in [0.1, 0.15) is 23.4 Å². The highest BCUT2D eigenvalue weighted by Gasteiger charge is 2.36. The van der Waals surface area contributed by atoms with Gasteiger partial charge in [0.15, 0.2) is 0 Å². The third kappa shape index (κ3) is 12.5. The van der Waals surface area contributed by atoms with Crippen LogP contribution in [0.2, 0.25) is 0 Å². The number of anilines is 1. The minimum atomic E-state index is -0.899. The number of hydrogen-bond donors (Lipinski definition) is 2. The van der Waals surface area contributed by atoms with Crippen molar-refractivity contribution >= 4 is 35.4 Å². The third-order valence-corrected chi connectivity index (χ3v) is 7.65. The van der Waals surface area contributed by atoms with Crippen LogP contribution < -0.4 is 15.4 Å². The fraction of sp³-hybridized carbons (Fsp3) is 0.559. The van der Waals surface area contributed by atoms with Crippen molar-refractivity contribution in [2.75, 3.05) is 31.0 Å². The smallest absolute Gasteiger partial charge is 0.408 e. The topological polar surface area (TPSA) is 97.0 Å². The number of hydrogen-bond acceptors (Lipinski definition) is 6. The number of carbonyl (C=O) groups is 3. The van der Waals surface area contributed by atoms with Gasteiger partial charge in [-0.2, -0.15) is 11.8 Å². The van der Waals surface area contributed by atoms with E-state index in [4.69, 9.17) is 9.47 Å². The number of methoxy groups -OCH3 is 1.